The molecule has 7 nitrogen and oxygen atoms in total. The molecule has 0 aliphatic carbocycles. The number of rotatable bonds is 4. The van der Waals surface area contributed by atoms with Gasteiger partial charge in [-0.2, -0.15) is 0 Å². The smallest absolute Gasteiger partial charge is 0.281 e. The quantitative estimate of drug-likeness (QED) is 0.733. The van der Waals surface area contributed by atoms with Gasteiger partial charge in [0.2, 0.25) is 0 Å². The van der Waals surface area contributed by atoms with Gasteiger partial charge in [-0.05, 0) is 38.5 Å². The third kappa shape index (κ3) is 3.50. The predicted octanol–water partition coefficient (Wildman–Crippen LogP) is 1.88. The molecule has 0 radical (unpaired) electrons. The van der Waals surface area contributed by atoms with Crippen molar-refractivity contribution in [3.05, 3.63) is 62.5 Å². The molecule has 134 valence electrons. The second-order valence-corrected chi connectivity index (χ2v) is 7.17. The summed E-state index contributed by atoms with van der Waals surface area (Å²) >= 11 is 1.44. The van der Waals surface area contributed by atoms with Crippen LogP contribution < -0.4 is 16.3 Å². The molecular weight excluding hydrogens is 352 g/mol. The third-order valence-corrected chi connectivity index (χ3v) is 5.14. The van der Waals surface area contributed by atoms with Crippen molar-refractivity contribution in [1.29, 1.82) is 0 Å². The van der Waals surface area contributed by atoms with E-state index in [2.05, 4.69) is 15.7 Å². The maximum Gasteiger partial charge on any atom is 0.281 e. The van der Waals surface area contributed by atoms with Crippen molar-refractivity contribution in [3.8, 4) is 0 Å². The van der Waals surface area contributed by atoms with Crippen LogP contribution in [0.25, 0.3) is 10.2 Å². The zero-order valence-electron chi connectivity index (χ0n) is 14.6. The summed E-state index contributed by atoms with van der Waals surface area (Å²) in [6.07, 6.45) is 1.28. The van der Waals surface area contributed by atoms with E-state index >= 15 is 0 Å². The molecule has 2 N–H and O–H groups in total. The highest BCUT2D eigenvalue weighted by Crippen LogP contribution is 2.25. The summed E-state index contributed by atoms with van der Waals surface area (Å²) < 4.78 is 1.04. The highest BCUT2D eigenvalue weighted by Gasteiger charge is 2.14. The predicted molar refractivity (Wildman–Crippen MR) is 101 cm³/mol. The van der Waals surface area contributed by atoms with E-state index in [1.54, 1.807) is 18.2 Å². The first-order valence-corrected chi connectivity index (χ1v) is 8.80. The molecule has 1 aromatic carbocycles. The number of amides is 2. The normalized spacial score (nSPS) is 10.7. The first kappa shape index (κ1) is 17.8. The van der Waals surface area contributed by atoms with Crippen LogP contribution in [0.4, 0.5) is 0 Å². The monoisotopic (exact) mass is 370 g/mol. The van der Waals surface area contributed by atoms with E-state index in [0.717, 1.165) is 20.7 Å². The fourth-order valence-corrected chi connectivity index (χ4v) is 3.52. The first-order valence-electron chi connectivity index (χ1n) is 7.99. The second kappa shape index (κ2) is 7.09. The molecule has 0 fully saturated rings. The molecule has 8 heteroatoms. The molecule has 0 unspecified atom stereocenters. The molecule has 3 aromatic rings. The Labute approximate surface area is 153 Å². The first-order chi connectivity index (χ1) is 12.4. The van der Waals surface area contributed by atoms with Crippen molar-refractivity contribution in [2.75, 3.05) is 12.0 Å². The van der Waals surface area contributed by atoms with Crippen molar-refractivity contribution in [2.24, 2.45) is 0 Å². The van der Waals surface area contributed by atoms with Crippen LogP contribution >= 0.6 is 11.3 Å². The molecule has 0 atom stereocenters. The van der Waals surface area contributed by atoms with Crippen LogP contribution in [0.5, 0.6) is 0 Å². The van der Waals surface area contributed by atoms with E-state index in [9.17, 15) is 14.4 Å². The lowest BCUT2D eigenvalue weighted by Crippen LogP contribution is -2.39. The van der Waals surface area contributed by atoms with Gasteiger partial charge in [-0.1, -0.05) is 17.7 Å². The molecule has 26 heavy (non-hydrogen) atoms. The van der Waals surface area contributed by atoms with Crippen molar-refractivity contribution in [3.63, 3.8) is 0 Å². The Kier molecular flexibility index (Phi) is 4.85. The molecule has 0 saturated carbocycles. The SMILES string of the molecule is Cc1cccc(C(=O)NCC(=O)Nn2cnc3sc(C)c(C)c3c2=O)c1. The van der Waals surface area contributed by atoms with Crippen molar-refractivity contribution in [1.82, 2.24) is 15.0 Å². The number of benzene rings is 1. The summed E-state index contributed by atoms with van der Waals surface area (Å²) in [5.74, 6) is -0.868. The molecule has 2 heterocycles. The topological polar surface area (TPSA) is 93.1 Å². The average molecular weight is 370 g/mol. The minimum atomic E-state index is -0.515. The van der Waals surface area contributed by atoms with Crippen molar-refractivity contribution < 1.29 is 9.59 Å². The van der Waals surface area contributed by atoms with E-state index in [1.807, 2.05) is 26.8 Å². The number of nitrogens with zero attached hydrogens (tertiary/aromatic N) is 2. The Bertz CT molecular complexity index is 1070. The van der Waals surface area contributed by atoms with E-state index in [-0.39, 0.29) is 18.0 Å². The summed E-state index contributed by atoms with van der Waals surface area (Å²) in [7, 11) is 0. The average Bonchev–Trinajstić information content (AvgIpc) is 2.90. The lowest BCUT2D eigenvalue weighted by Gasteiger charge is -2.09. The summed E-state index contributed by atoms with van der Waals surface area (Å²) in [5, 5.41) is 3.03. The number of hydrogen-bond donors (Lipinski definition) is 2. The van der Waals surface area contributed by atoms with Gasteiger partial charge in [-0.3, -0.25) is 19.8 Å². The highest BCUT2D eigenvalue weighted by atomic mass is 32.1. The van der Waals surface area contributed by atoms with Crippen LogP contribution in [-0.4, -0.2) is 28.0 Å². The third-order valence-electron chi connectivity index (χ3n) is 4.02. The van der Waals surface area contributed by atoms with Gasteiger partial charge < -0.3 is 5.32 Å². The van der Waals surface area contributed by atoms with Gasteiger partial charge >= 0.3 is 0 Å². The molecule has 3 rings (SSSR count). The van der Waals surface area contributed by atoms with Crippen molar-refractivity contribution in [2.45, 2.75) is 20.8 Å². The zero-order chi connectivity index (χ0) is 18.8. The molecule has 2 aromatic heterocycles. The number of aryl methyl sites for hydroxylation is 3. The van der Waals surface area contributed by atoms with Gasteiger partial charge in [0, 0.05) is 10.4 Å². The van der Waals surface area contributed by atoms with Crippen LogP contribution in [0.15, 0.2) is 35.4 Å². The van der Waals surface area contributed by atoms with Gasteiger partial charge in [0.05, 0.1) is 11.9 Å². The molecule has 0 aliphatic rings. The van der Waals surface area contributed by atoms with Crippen LogP contribution in [0.3, 0.4) is 0 Å². The maximum absolute atomic E-state index is 12.5. The largest absolute Gasteiger partial charge is 0.343 e. The molecule has 2 amide bonds. The number of aromatic nitrogens is 2. The molecule has 0 spiro atoms. The molecule has 0 aliphatic heterocycles. The second-order valence-electron chi connectivity index (χ2n) is 5.97. The Balaban J connectivity index is 1.69. The summed E-state index contributed by atoms with van der Waals surface area (Å²) in [6, 6.07) is 7.06. The Hall–Kier alpha value is -3.00. The maximum atomic E-state index is 12.5. The lowest BCUT2D eigenvalue weighted by molar-refractivity contribution is -0.116. The van der Waals surface area contributed by atoms with E-state index in [4.69, 9.17) is 0 Å². The zero-order valence-corrected chi connectivity index (χ0v) is 15.4. The van der Waals surface area contributed by atoms with Gasteiger partial charge in [0.15, 0.2) is 0 Å². The minimum absolute atomic E-state index is 0.251. The number of nitrogens with one attached hydrogen (secondary N) is 2. The Morgan fingerprint density at radius 2 is 2.00 bits per heavy atom. The molecule has 0 bridgehead atoms. The van der Waals surface area contributed by atoms with Gasteiger partial charge in [-0.25, -0.2) is 9.66 Å². The number of fused-ring (bicyclic) bond motifs is 1. The van der Waals surface area contributed by atoms with Gasteiger partial charge in [-0.15, -0.1) is 11.3 Å². The van der Waals surface area contributed by atoms with Gasteiger partial charge in [0.25, 0.3) is 17.4 Å². The highest BCUT2D eigenvalue weighted by molar-refractivity contribution is 7.18. The lowest BCUT2D eigenvalue weighted by atomic mass is 10.1. The number of carbonyl (C=O) groups excluding carboxylic acids is 2. The van der Waals surface area contributed by atoms with Crippen LogP contribution in [0.2, 0.25) is 0 Å². The fourth-order valence-electron chi connectivity index (χ4n) is 2.54. The fraction of sp³-hybridized carbons (Fsp3) is 0.222. The number of hydrogen-bond acceptors (Lipinski definition) is 5. The summed E-state index contributed by atoms with van der Waals surface area (Å²) in [6.45, 7) is 5.41. The van der Waals surface area contributed by atoms with Crippen LogP contribution in [0, 0.1) is 20.8 Å². The molecular formula is C18H18N4O3S. The molecule has 0 saturated heterocycles. The van der Waals surface area contributed by atoms with Gasteiger partial charge in [0.1, 0.15) is 11.2 Å². The van der Waals surface area contributed by atoms with Crippen LogP contribution in [0.1, 0.15) is 26.4 Å². The van der Waals surface area contributed by atoms with Crippen LogP contribution in [-0.2, 0) is 4.79 Å². The summed E-state index contributed by atoms with van der Waals surface area (Å²) in [5.41, 5.74) is 4.40. The Morgan fingerprint density at radius 3 is 2.73 bits per heavy atom. The number of carbonyl (C=O) groups is 2. The standard InChI is InChI=1S/C18H18N4O3S/c1-10-5-4-6-13(7-10)16(24)19-8-14(23)21-22-9-20-17-15(18(22)25)11(2)12(3)26-17/h4-7,9H,8H2,1-3H3,(H,19,24)(H,21,23). The van der Waals surface area contributed by atoms with E-state index in [1.165, 1.54) is 17.7 Å². The Morgan fingerprint density at radius 1 is 1.23 bits per heavy atom. The van der Waals surface area contributed by atoms with E-state index < -0.39 is 5.91 Å². The van der Waals surface area contributed by atoms with Crippen molar-refractivity contribution >= 4 is 33.4 Å². The minimum Gasteiger partial charge on any atom is -0.343 e. The van der Waals surface area contributed by atoms with E-state index in [0.29, 0.717) is 15.8 Å². The number of thiophene rings is 1. The summed E-state index contributed by atoms with van der Waals surface area (Å²) in [4.78, 5) is 42.5.